The van der Waals surface area contributed by atoms with Crippen molar-refractivity contribution in [3.63, 3.8) is 0 Å². The highest BCUT2D eigenvalue weighted by Gasteiger charge is 2.16. The normalized spacial score (nSPS) is 12.0. The number of benzene rings is 3. The molecule has 25 heavy (non-hydrogen) atoms. The first-order valence-electron chi connectivity index (χ1n) is 7.23. The predicted molar refractivity (Wildman–Crippen MR) is 91.6 cm³/mol. The zero-order valence-electron chi connectivity index (χ0n) is 13.1. The summed E-state index contributed by atoms with van der Waals surface area (Å²) in [6.07, 6.45) is 1.15. The van der Waals surface area contributed by atoms with Crippen molar-refractivity contribution in [3.8, 4) is 5.75 Å². The van der Waals surface area contributed by atoms with Gasteiger partial charge in [0.1, 0.15) is 5.75 Å². The maximum Gasteiger partial charge on any atom is 0.282 e. The summed E-state index contributed by atoms with van der Waals surface area (Å²) in [5.41, 5.74) is 0.478. The van der Waals surface area contributed by atoms with E-state index in [9.17, 15) is 17.2 Å². The average molecular weight is 361 g/mol. The van der Waals surface area contributed by atoms with Crippen molar-refractivity contribution >= 4 is 27.0 Å². The van der Waals surface area contributed by atoms with Crippen LogP contribution in [0.1, 0.15) is 5.56 Å². The van der Waals surface area contributed by atoms with E-state index in [1.165, 1.54) is 7.11 Å². The first-order chi connectivity index (χ1) is 11.9. The van der Waals surface area contributed by atoms with Crippen molar-refractivity contribution in [2.75, 3.05) is 7.11 Å². The molecular weight excluding hydrogens is 348 g/mol. The molecule has 7 heteroatoms. The van der Waals surface area contributed by atoms with Crippen LogP contribution >= 0.6 is 0 Å². The van der Waals surface area contributed by atoms with E-state index < -0.39 is 26.6 Å². The smallest absolute Gasteiger partial charge is 0.282 e. The number of halogens is 2. The molecule has 0 aliphatic heterocycles. The van der Waals surface area contributed by atoms with E-state index in [0.29, 0.717) is 17.4 Å². The molecule has 0 saturated carbocycles. The molecule has 0 N–H and O–H groups in total. The second kappa shape index (κ2) is 6.60. The lowest BCUT2D eigenvalue weighted by Crippen LogP contribution is -2.00. The topological polar surface area (TPSA) is 55.7 Å². The van der Waals surface area contributed by atoms with E-state index in [1.54, 1.807) is 6.07 Å². The first kappa shape index (κ1) is 17.0. The third-order valence-electron chi connectivity index (χ3n) is 3.66. The molecular formula is C18H13F2NO3S. The summed E-state index contributed by atoms with van der Waals surface area (Å²) in [5, 5.41) is 1.64. The number of sulfonamides is 1. The Labute approximate surface area is 143 Å². The number of hydrogen-bond donors (Lipinski definition) is 0. The number of hydrogen-bond acceptors (Lipinski definition) is 3. The summed E-state index contributed by atoms with van der Waals surface area (Å²) in [6.45, 7) is 0. The molecule has 0 spiro atoms. The Bertz CT molecular complexity index is 1080. The predicted octanol–water partition coefficient (Wildman–Crippen LogP) is 3.93. The van der Waals surface area contributed by atoms with Crippen molar-refractivity contribution in [2.45, 2.75) is 4.90 Å². The van der Waals surface area contributed by atoms with Gasteiger partial charge in [-0.2, -0.15) is 12.8 Å². The zero-order chi connectivity index (χ0) is 18.0. The average Bonchev–Trinajstić information content (AvgIpc) is 2.61. The van der Waals surface area contributed by atoms with Gasteiger partial charge in [-0.05, 0) is 35.0 Å². The number of methoxy groups -OCH3 is 1. The Morgan fingerprint density at radius 3 is 2.48 bits per heavy atom. The summed E-state index contributed by atoms with van der Waals surface area (Å²) < 4.78 is 59.7. The molecule has 4 nitrogen and oxygen atoms in total. The van der Waals surface area contributed by atoms with Crippen molar-refractivity contribution in [2.24, 2.45) is 4.40 Å². The van der Waals surface area contributed by atoms with Gasteiger partial charge in [0.25, 0.3) is 10.0 Å². The van der Waals surface area contributed by atoms with Gasteiger partial charge in [-0.25, -0.2) is 8.78 Å². The minimum atomic E-state index is -4.18. The first-order valence-corrected chi connectivity index (χ1v) is 8.67. The maximum absolute atomic E-state index is 13.3. The summed E-state index contributed by atoms with van der Waals surface area (Å²) in [7, 11) is -2.72. The minimum Gasteiger partial charge on any atom is -0.496 e. The minimum absolute atomic E-state index is 0.429. The summed E-state index contributed by atoms with van der Waals surface area (Å²) in [6, 6.07) is 13.2. The fraction of sp³-hybridized carbons (Fsp3) is 0.0556. The molecule has 0 saturated heterocycles. The lowest BCUT2D eigenvalue weighted by atomic mass is 10.0. The van der Waals surface area contributed by atoms with E-state index in [4.69, 9.17) is 4.74 Å². The Balaban J connectivity index is 2.09. The van der Waals surface area contributed by atoms with Crippen LogP contribution in [0, 0.1) is 11.6 Å². The monoisotopic (exact) mass is 361 g/mol. The largest absolute Gasteiger partial charge is 0.496 e. The molecule has 3 aromatic carbocycles. The Hall–Kier alpha value is -2.80. The summed E-state index contributed by atoms with van der Waals surface area (Å²) >= 11 is 0. The van der Waals surface area contributed by atoms with Crippen molar-refractivity contribution < 1.29 is 21.9 Å². The maximum atomic E-state index is 13.3. The molecule has 128 valence electrons. The third kappa shape index (κ3) is 3.36. The SMILES string of the molecule is COc1ccc2ccccc2c1/C=N/S(=O)(=O)c1ccc(F)c(F)c1. The second-order valence-corrected chi connectivity index (χ2v) is 6.82. The zero-order valence-corrected chi connectivity index (χ0v) is 13.9. The molecule has 0 heterocycles. The number of nitrogens with zero attached hydrogens (tertiary/aromatic N) is 1. The van der Waals surface area contributed by atoms with Crippen LogP contribution in [0.3, 0.4) is 0 Å². The van der Waals surface area contributed by atoms with Gasteiger partial charge < -0.3 is 4.74 Å². The van der Waals surface area contributed by atoms with Crippen LogP contribution in [0.4, 0.5) is 8.78 Å². The molecule has 0 aromatic heterocycles. The van der Waals surface area contributed by atoms with Crippen molar-refractivity contribution in [3.05, 3.63) is 71.8 Å². The molecule has 0 amide bonds. The Kier molecular flexibility index (Phi) is 4.50. The fourth-order valence-electron chi connectivity index (χ4n) is 2.41. The standard InChI is InChI=1S/C18H13F2NO3S/c1-24-18-9-6-12-4-2-3-5-14(12)15(18)11-21-25(22,23)13-7-8-16(19)17(20)10-13/h2-11H,1H3/b21-11+. The molecule has 0 radical (unpaired) electrons. The van der Waals surface area contributed by atoms with E-state index in [2.05, 4.69) is 4.40 Å². The van der Waals surface area contributed by atoms with Crippen LogP contribution in [0.25, 0.3) is 10.8 Å². The van der Waals surface area contributed by atoms with E-state index in [-0.39, 0.29) is 0 Å². The number of rotatable bonds is 4. The van der Waals surface area contributed by atoms with Crippen molar-refractivity contribution in [1.82, 2.24) is 0 Å². The molecule has 0 bridgehead atoms. The highest BCUT2D eigenvalue weighted by atomic mass is 32.2. The molecule has 0 atom stereocenters. The molecule has 0 fully saturated rings. The summed E-state index contributed by atoms with van der Waals surface area (Å²) in [5.74, 6) is -1.93. The second-order valence-electron chi connectivity index (χ2n) is 5.19. The van der Waals surface area contributed by atoms with Crippen LogP contribution in [0.2, 0.25) is 0 Å². The van der Waals surface area contributed by atoms with E-state index >= 15 is 0 Å². The van der Waals surface area contributed by atoms with Gasteiger partial charge in [0.15, 0.2) is 11.6 Å². The summed E-state index contributed by atoms with van der Waals surface area (Å²) in [4.78, 5) is -0.429. The van der Waals surface area contributed by atoms with Crippen LogP contribution in [0.15, 0.2) is 63.9 Å². The lowest BCUT2D eigenvalue weighted by molar-refractivity contribution is 0.415. The number of ether oxygens (including phenoxy) is 1. The van der Waals surface area contributed by atoms with Crippen LogP contribution in [0.5, 0.6) is 5.75 Å². The number of fused-ring (bicyclic) bond motifs is 1. The van der Waals surface area contributed by atoms with E-state index in [1.807, 2.05) is 30.3 Å². The molecule has 0 aliphatic rings. The molecule has 3 rings (SSSR count). The quantitative estimate of drug-likeness (QED) is 0.662. The van der Waals surface area contributed by atoms with Crippen LogP contribution < -0.4 is 4.74 Å². The lowest BCUT2D eigenvalue weighted by Gasteiger charge is -2.08. The van der Waals surface area contributed by atoms with E-state index in [0.717, 1.165) is 29.1 Å². The van der Waals surface area contributed by atoms with Crippen molar-refractivity contribution in [1.29, 1.82) is 0 Å². The highest BCUT2D eigenvalue weighted by Crippen LogP contribution is 2.27. The van der Waals surface area contributed by atoms with Gasteiger partial charge >= 0.3 is 0 Å². The van der Waals surface area contributed by atoms with Crippen LogP contribution in [-0.4, -0.2) is 21.7 Å². The Morgan fingerprint density at radius 2 is 1.76 bits per heavy atom. The van der Waals surface area contributed by atoms with Gasteiger partial charge in [0.05, 0.1) is 18.2 Å². The Morgan fingerprint density at radius 1 is 1.00 bits per heavy atom. The van der Waals surface area contributed by atoms with Gasteiger partial charge in [0.2, 0.25) is 0 Å². The van der Waals surface area contributed by atoms with Gasteiger partial charge in [-0.3, -0.25) is 0 Å². The fourth-order valence-corrected chi connectivity index (χ4v) is 3.27. The molecule has 0 unspecified atom stereocenters. The van der Waals surface area contributed by atoms with Gasteiger partial charge in [-0.1, -0.05) is 30.3 Å². The third-order valence-corrected chi connectivity index (χ3v) is 4.89. The highest BCUT2D eigenvalue weighted by molar-refractivity contribution is 7.90. The molecule has 3 aromatic rings. The van der Waals surface area contributed by atoms with Crippen LogP contribution in [-0.2, 0) is 10.0 Å². The van der Waals surface area contributed by atoms with Gasteiger partial charge in [-0.15, -0.1) is 0 Å². The van der Waals surface area contributed by atoms with Gasteiger partial charge in [0, 0.05) is 5.56 Å². The molecule has 0 aliphatic carbocycles.